The number of fused-ring (bicyclic) bond motifs is 8. The first-order valence-corrected chi connectivity index (χ1v) is 29.2. The first-order chi connectivity index (χ1) is 38.1. The molecule has 0 saturated carbocycles. The predicted octanol–water partition coefficient (Wildman–Crippen LogP) is 6.38. The van der Waals surface area contributed by atoms with E-state index in [2.05, 4.69) is 20.1 Å². The zero-order chi connectivity index (χ0) is 55.9. The zero-order valence-electron chi connectivity index (χ0n) is 46.8. The molecule has 3 fully saturated rings. The number of likely N-dealkylation sites (tertiary alicyclic amines) is 2. The first kappa shape index (κ1) is 57.6. The predicted molar refractivity (Wildman–Crippen MR) is 305 cm³/mol. The summed E-state index contributed by atoms with van der Waals surface area (Å²) >= 11 is 1.58. The average molecular weight is 1100 g/mol. The van der Waals surface area contributed by atoms with Gasteiger partial charge >= 0.3 is 0 Å². The van der Waals surface area contributed by atoms with E-state index in [0.717, 1.165) is 91.3 Å². The van der Waals surface area contributed by atoms with E-state index in [9.17, 15) is 28.4 Å². The van der Waals surface area contributed by atoms with Crippen LogP contribution in [0.5, 0.6) is 0 Å². The van der Waals surface area contributed by atoms with Crippen LogP contribution in [-0.2, 0) is 36.9 Å². The van der Waals surface area contributed by atoms with Crippen molar-refractivity contribution < 1.29 is 37.8 Å². The summed E-state index contributed by atoms with van der Waals surface area (Å²) in [6, 6.07) is 12.8. The number of rotatable bonds is 21. The van der Waals surface area contributed by atoms with Gasteiger partial charge in [-0.1, -0.05) is 29.8 Å². The molecule has 4 aromatic rings. The second-order valence-electron chi connectivity index (χ2n) is 22.0. The van der Waals surface area contributed by atoms with Crippen molar-refractivity contribution in [2.45, 2.75) is 109 Å². The topological polar surface area (TPSA) is 201 Å². The molecule has 9 rings (SSSR count). The van der Waals surface area contributed by atoms with Crippen LogP contribution in [0.25, 0.3) is 11.1 Å². The highest BCUT2D eigenvalue weighted by atomic mass is 32.2. The number of amides is 3. The van der Waals surface area contributed by atoms with Gasteiger partial charge in [0.15, 0.2) is 5.78 Å². The summed E-state index contributed by atoms with van der Waals surface area (Å²) in [4.78, 5) is 88.0. The Morgan fingerprint density at radius 2 is 1.66 bits per heavy atom. The van der Waals surface area contributed by atoms with Crippen LogP contribution in [0, 0.1) is 31.5 Å². The maximum atomic E-state index is 14.8. The summed E-state index contributed by atoms with van der Waals surface area (Å²) in [5.74, 6) is -0.0401. The molecule has 0 radical (unpaired) electrons. The number of hydrogen-bond acceptors (Lipinski definition) is 15. The van der Waals surface area contributed by atoms with E-state index in [4.69, 9.17) is 25.3 Å². The smallest absolute Gasteiger partial charge is 0.254 e. The van der Waals surface area contributed by atoms with Crippen molar-refractivity contribution in [2.75, 3.05) is 103 Å². The van der Waals surface area contributed by atoms with Crippen molar-refractivity contribution in [3.8, 4) is 11.1 Å². The number of hydrogen-bond donors (Lipinski definition) is 2. The van der Waals surface area contributed by atoms with Gasteiger partial charge in [-0.2, -0.15) is 5.10 Å². The van der Waals surface area contributed by atoms with Gasteiger partial charge in [0.25, 0.3) is 5.91 Å². The van der Waals surface area contributed by atoms with Crippen LogP contribution in [0.1, 0.15) is 108 Å². The van der Waals surface area contributed by atoms with Gasteiger partial charge in [0.2, 0.25) is 11.8 Å². The normalized spacial score (nSPS) is 20.5. The van der Waals surface area contributed by atoms with Crippen LogP contribution in [0.2, 0.25) is 0 Å². The number of thioether (sulfide) groups is 1. The third-order valence-corrected chi connectivity index (χ3v) is 18.0. The molecule has 0 spiro atoms. The molecular weight excluding hydrogens is 1030 g/mol. The lowest BCUT2D eigenvalue weighted by Gasteiger charge is -2.38. The molecule has 20 heteroatoms. The molecule has 1 unspecified atom stereocenters. The molecule has 3 saturated heterocycles. The maximum absolute atomic E-state index is 14.8. The van der Waals surface area contributed by atoms with Crippen molar-refractivity contribution in [2.24, 2.45) is 16.8 Å². The number of Topliss-reactive ketones (excluding diaryl/α,β-unsaturated/α-hetero) is 2. The fourth-order valence-electron chi connectivity index (χ4n) is 12.0. The van der Waals surface area contributed by atoms with Crippen molar-refractivity contribution in [3.63, 3.8) is 0 Å². The number of benzene rings is 2. The Morgan fingerprint density at radius 1 is 0.924 bits per heavy atom. The van der Waals surface area contributed by atoms with Gasteiger partial charge in [0.1, 0.15) is 23.5 Å². The van der Waals surface area contributed by atoms with Crippen LogP contribution in [0.4, 0.5) is 15.9 Å². The number of ketones is 2. The summed E-state index contributed by atoms with van der Waals surface area (Å²) in [5, 5.41) is 8.91. The number of nitrogen functional groups attached to an aromatic ring is 1. The number of aryl methyl sites for hydroxylation is 1. The monoisotopic (exact) mass is 1100 g/mol. The van der Waals surface area contributed by atoms with Gasteiger partial charge in [-0.25, -0.2) is 9.37 Å². The van der Waals surface area contributed by atoms with Crippen LogP contribution in [0.15, 0.2) is 59.7 Å². The van der Waals surface area contributed by atoms with E-state index in [1.807, 2.05) is 60.7 Å². The quantitative estimate of drug-likeness (QED) is 0.0688. The van der Waals surface area contributed by atoms with Crippen molar-refractivity contribution in [1.29, 1.82) is 0 Å². The zero-order valence-corrected chi connectivity index (χ0v) is 47.6. The summed E-state index contributed by atoms with van der Waals surface area (Å²) < 4.78 is 28.4. The van der Waals surface area contributed by atoms with Crippen LogP contribution < -0.4 is 16.0 Å². The highest BCUT2D eigenvalue weighted by Crippen LogP contribution is 2.43. The average Bonchev–Trinajstić information content (AvgIpc) is 4.32. The first-order valence-electron chi connectivity index (χ1n) is 28.2. The molecule has 0 aliphatic carbocycles. The number of aliphatic imine (C=N–C) groups is 1. The van der Waals surface area contributed by atoms with Gasteiger partial charge in [0.05, 0.1) is 80.5 Å². The van der Waals surface area contributed by atoms with Gasteiger partial charge in [0, 0.05) is 92.5 Å². The highest BCUT2D eigenvalue weighted by Gasteiger charge is 2.43. The third-order valence-electron chi connectivity index (χ3n) is 16.8. The van der Waals surface area contributed by atoms with E-state index < -0.39 is 17.8 Å². The minimum absolute atomic E-state index is 0.00667. The number of carbonyl (C=O) groups is 5. The van der Waals surface area contributed by atoms with Crippen LogP contribution >= 0.6 is 11.8 Å². The maximum Gasteiger partial charge on any atom is 0.254 e. The lowest BCUT2D eigenvalue weighted by atomic mass is 9.79. The van der Waals surface area contributed by atoms with Gasteiger partial charge in [-0.15, -0.1) is 11.8 Å². The Morgan fingerprint density at radius 3 is 2.42 bits per heavy atom. The number of ether oxygens (including phenoxy) is 2. The summed E-state index contributed by atoms with van der Waals surface area (Å²) in [6.45, 7) is 12.0. The van der Waals surface area contributed by atoms with Gasteiger partial charge in [-0.3, -0.25) is 33.6 Å². The Balaban J connectivity index is 0.713. The van der Waals surface area contributed by atoms with E-state index in [1.165, 1.54) is 12.1 Å². The third kappa shape index (κ3) is 13.3. The van der Waals surface area contributed by atoms with Crippen molar-refractivity contribution in [1.82, 2.24) is 39.7 Å². The molecule has 5 atom stereocenters. The molecule has 2 bridgehead atoms. The lowest BCUT2D eigenvalue weighted by molar-refractivity contribution is -0.141. The number of piperidine rings is 1. The summed E-state index contributed by atoms with van der Waals surface area (Å²) in [5.41, 5.74) is 13.3. The van der Waals surface area contributed by atoms with Crippen LogP contribution in [-0.4, -0.2) is 179 Å². The lowest BCUT2D eigenvalue weighted by Crippen LogP contribution is -2.48. The number of pyridine rings is 1. The molecular formula is C59H78FN11O7S. The number of likely N-dealkylation sites (N-methyl/N-ethyl adjacent to an activating group) is 2. The molecule has 2 aromatic carbocycles. The Kier molecular flexibility index (Phi) is 19.0. The largest absolute Gasteiger partial charge is 0.382 e. The molecule has 3 amide bonds. The second kappa shape index (κ2) is 26.0. The fourth-order valence-corrected chi connectivity index (χ4v) is 13.2. The van der Waals surface area contributed by atoms with Crippen molar-refractivity contribution >= 4 is 57.6 Å². The standard InChI is InChI=1S/C59H78FN11O7S/c1-37-11-13-41(14-12-37)55(74)48-36-79-57(64-48)50-10-8-21-70(50)59(76)45(33-52(72)38(2)62-4)40-17-22-68(23-18-40)26-28-78-30-29-77-27-19-53(73)66(5)24-25-71-39(3)54-42-31-51(56(61)63-34-42)69-20-7-9-49(69)46-32-43(60)15-16-44(46)58(75)67(6)35-47(54)65-71/h11-16,31-32,34,38,40,45,48-50,62H,7-10,17-30,33,35-36H2,1-6H3,(H2,61,63)/t38-,45-,48?,49-,50-/m1/s1. The summed E-state index contributed by atoms with van der Waals surface area (Å²) in [7, 11) is 5.27. The molecule has 2 aromatic heterocycles. The number of aromatic nitrogens is 3. The highest BCUT2D eigenvalue weighted by molar-refractivity contribution is 8.14. The van der Waals surface area contributed by atoms with E-state index >= 15 is 0 Å². The number of nitrogens with two attached hydrogens (primary N) is 1. The Labute approximate surface area is 468 Å². The van der Waals surface area contributed by atoms with E-state index in [1.54, 1.807) is 55.0 Å². The van der Waals surface area contributed by atoms with E-state index in [-0.39, 0.29) is 79.3 Å². The number of nitrogens with one attached hydrogen (secondary N) is 1. The Bertz CT molecular complexity index is 2890. The number of carbonyl (C=O) groups excluding carboxylic acids is 5. The molecule has 5 aliphatic heterocycles. The molecule has 7 heterocycles. The van der Waals surface area contributed by atoms with E-state index in [0.29, 0.717) is 80.0 Å². The van der Waals surface area contributed by atoms with Crippen LogP contribution in [0.3, 0.4) is 0 Å². The minimum atomic E-state index is -0.464. The molecule has 79 heavy (non-hydrogen) atoms. The Hall–Kier alpha value is -6.06. The van der Waals surface area contributed by atoms with Gasteiger partial charge in [-0.05, 0) is 115 Å². The summed E-state index contributed by atoms with van der Waals surface area (Å²) in [6.07, 6.45) is 6.99. The fraction of sp³-hybridized carbons (Fsp3) is 0.559. The van der Waals surface area contributed by atoms with Gasteiger partial charge < -0.3 is 45.0 Å². The molecule has 18 nitrogen and oxygen atoms in total. The second-order valence-corrected chi connectivity index (χ2v) is 23.0. The minimum Gasteiger partial charge on any atom is -0.382 e. The SMILES string of the molecule is CN[C@H](C)C(=O)C[C@@H](C(=O)N1CCC[C@@H]1C1=NC(C(=O)c2ccc(C)cc2)CS1)C1CCN(CCOCCOCCC(=O)N(C)CCn2nc3c(c2C)-c2cnc(N)c(c2)N2CCC[C@@H]2c2cc(F)ccc2C(=O)N(C)C3)CC1. The molecule has 424 valence electrons. The number of anilines is 2. The number of halogens is 1. The molecule has 3 N–H and O–H groups in total. The van der Waals surface area contributed by atoms with Crippen molar-refractivity contribution in [3.05, 3.63) is 94.2 Å². The molecule has 5 aliphatic rings. The number of nitrogens with zero attached hydrogens (tertiary/aromatic N) is 9.